The number of fused-ring (bicyclic) bond motifs is 1. The summed E-state index contributed by atoms with van der Waals surface area (Å²) in [5, 5.41) is 0. The molecule has 1 aromatic heterocycles. The van der Waals surface area contributed by atoms with Crippen LogP contribution in [0.1, 0.15) is 75.1 Å². The van der Waals surface area contributed by atoms with Crippen molar-refractivity contribution in [2.24, 2.45) is 11.8 Å². The summed E-state index contributed by atoms with van der Waals surface area (Å²) in [6.07, 6.45) is 6.16. The van der Waals surface area contributed by atoms with Crippen LogP contribution in [0.25, 0.3) is 0 Å². The van der Waals surface area contributed by atoms with E-state index in [0.717, 1.165) is 23.5 Å². The molecule has 2 aromatic rings. The number of hydrogen-bond donors (Lipinski definition) is 0. The zero-order valence-electron chi connectivity index (χ0n) is 19.2. The Bertz CT molecular complexity index is 1000. The van der Waals surface area contributed by atoms with Gasteiger partial charge in [-0.05, 0) is 71.3 Å². The van der Waals surface area contributed by atoms with Crippen LogP contribution < -0.4 is 5.56 Å². The van der Waals surface area contributed by atoms with E-state index < -0.39 is 5.60 Å². The fourth-order valence-corrected chi connectivity index (χ4v) is 4.93. The summed E-state index contributed by atoms with van der Waals surface area (Å²) >= 11 is 0. The van der Waals surface area contributed by atoms with Gasteiger partial charge in [0.15, 0.2) is 0 Å². The van der Waals surface area contributed by atoms with Crippen molar-refractivity contribution in [3.05, 3.63) is 63.3 Å². The van der Waals surface area contributed by atoms with E-state index in [1.54, 1.807) is 0 Å². The molecule has 2 aliphatic carbocycles. The van der Waals surface area contributed by atoms with Gasteiger partial charge < -0.3 is 4.74 Å². The molecule has 0 bridgehead atoms. The molecule has 2 unspecified atom stereocenters. The Labute approximate surface area is 184 Å². The minimum atomic E-state index is -0.502. The van der Waals surface area contributed by atoms with Gasteiger partial charge in [-0.25, -0.2) is 4.98 Å². The SMILES string of the molecule is Cc1nc2c(c(=O)n1C(Cc1ccccc1)C1CCC1)CCC(C(=O)OC(C)(C)C)C2. The molecule has 166 valence electrons. The number of nitrogens with zero attached hydrogens (tertiary/aromatic N) is 2. The van der Waals surface area contributed by atoms with Gasteiger partial charge in [0.2, 0.25) is 0 Å². The average Bonchev–Trinajstić information content (AvgIpc) is 2.65. The first kappa shape index (κ1) is 21.8. The molecule has 0 amide bonds. The number of carbonyl (C=O) groups is 1. The van der Waals surface area contributed by atoms with E-state index in [2.05, 4.69) is 24.3 Å². The second-order valence-electron chi connectivity index (χ2n) is 10.2. The number of carbonyl (C=O) groups excluding carboxylic acids is 1. The number of aryl methyl sites for hydroxylation is 1. The van der Waals surface area contributed by atoms with Crippen molar-refractivity contribution < 1.29 is 9.53 Å². The number of aromatic nitrogens is 2. The van der Waals surface area contributed by atoms with Crippen molar-refractivity contribution in [3.63, 3.8) is 0 Å². The minimum Gasteiger partial charge on any atom is -0.460 e. The van der Waals surface area contributed by atoms with Gasteiger partial charge in [0, 0.05) is 18.0 Å². The molecule has 0 aliphatic heterocycles. The van der Waals surface area contributed by atoms with Crippen LogP contribution in [0.4, 0.5) is 0 Å². The van der Waals surface area contributed by atoms with Crippen LogP contribution in [-0.4, -0.2) is 21.1 Å². The third-order valence-corrected chi connectivity index (χ3v) is 6.71. The third-order valence-electron chi connectivity index (χ3n) is 6.71. The first-order chi connectivity index (χ1) is 14.7. The number of rotatable bonds is 5. The second kappa shape index (κ2) is 8.60. The smallest absolute Gasteiger partial charge is 0.309 e. The van der Waals surface area contributed by atoms with E-state index in [-0.39, 0.29) is 23.5 Å². The quantitative estimate of drug-likeness (QED) is 0.662. The highest BCUT2D eigenvalue weighted by atomic mass is 16.6. The molecule has 4 rings (SSSR count). The zero-order chi connectivity index (χ0) is 22.2. The maximum absolute atomic E-state index is 13.6. The van der Waals surface area contributed by atoms with E-state index >= 15 is 0 Å². The van der Waals surface area contributed by atoms with Gasteiger partial charge >= 0.3 is 5.97 Å². The summed E-state index contributed by atoms with van der Waals surface area (Å²) in [7, 11) is 0. The van der Waals surface area contributed by atoms with Crippen molar-refractivity contribution in [2.75, 3.05) is 0 Å². The van der Waals surface area contributed by atoms with Crippen molar-refractivity contribution >= 4 is 5.97 Å². The molecule has 5 nitrogen and oxygen atoms in total. The molecule has 0 saturated heterocycles. The normalized spacial score (nSPS) is 19.9. The molecule has 1 fully saturated rings. The van der Waals surface area contributed by atoms with E-state index in [1.807, 2.05) is 38.3 Å². The molecular weight excluding hydrogens is 388 g/mol. The lowest BCUT2D eigenvalue weighted by atomic mass is 9.77. The average molecular weight is 423 g/mol. The van der Waals surface area contributed by atoms with Crippen LogP contribution in [0.5, 0.6) is 0 Å². The molecule has 2 aliphatic rings. The minimum absolute atomic E-state index is 0.0953. The fraction of sp³-hybridized carbons (Fsp3) is 0.577. The summed E-state index contributed by atoms with van der Waals surface area (Å²) in [6.45, 7) is 7.59. The summed E-state index contributed by atoms with van der Waals surface area (Å²) < 4.78 is 7.55. The molecule has 1 heterocycles. The highest BCUT2D eigenvalue weighted by Crippen LogP contribution is 2.38. The molecule has 0 spiro atoms. The Kier molecular flexibility index (Phi) is 6.05. The van der Waals surface area contributed by atoms with Gasteiger partial charge in [0.25, 0.3) is 5.56 Å². The van der Waals surface area contributed by atoms with Gasteiger partial charge in [0.05, 0.1) is 11.6 Å². The maximum Gasteiger partial charge on any atom is 0.309 e. The highest BCUT2D eigenvalue weighted by molar-refractivity contribution is 5.73. The predicted octanol–water partition coefficient (Wildman–Crippen LogP) is 4.58. The molecular formula is C26H34N2O3. The summed E-state index contributed by atoms with van der Waals surface area (Å²) in [5.41, 5.74) is 2.43. The summed E-state index contributed by atoms with van der Waals surface area (Å²) in [4.78, 5) is 31.1. The Balaban J connectivity index is 1.63. The van der Waals surface area contributed by atoms with Crippen LogP contribution >= 0.6 is 0 Å². The maximum atomic E-state index is 13.6. The molecule has 1 aromatic carbocycles. The molecule has 0 N–H and O–H groups in total. The molecule has 5 heteroatoms. The zero-order valence-corrected chi connectivity index (χ0v) is 19.2. The lowest BCUT2D eigenvalue weighted by Crippen LogP contribution is -2.40. The number of ether oxygens (including phenoxy) is 1. The third kappa shape index (κ3) is 4.76. The van der Waals surface area contributed by atoms with E-state index in [1.165, 1.54) is 24.8 Å². The van der Waals surface area contributed by atoms with E-state index in [9.17, 15) is 9.59 Å². The second-order valence-corrected chi connectivity index (χ2v) is 10.2. The van der Waals surface area contributed by atoms with Crippen molar-refractivity contribution in [1.29, 1.82) is 0 Å². The van der Waals surface area contributed by atoms with Crippen LogP contribution in [0.2, 0.25) is 0 Å². The monoisotopic (exact) mass is 422 g/mol. The molecule has 31 heavy (non-hydrogen) atoms. The first-order valence-corrected chi connectivity index (χ1v) is 11.6. The molecule has 2 atom stereocenters. The highest BCUT2D eigenvalue weighted by Gasteiger charge is 2.35. The summed E-state index contributed by atoms with van der Waals surface area (Å²) in [6, 6.07) is 10.6. The predicted molar refractivity (Wildman–Crippen MR) is 121 cm³/mol. The Morgan fingerprint density at radius 2 is 1.90 bits per heavy atom. The number of esters is 1. The van der Waals surface area contributed by atoms with Crippen molar-refractivity contribution in [3.8, 4) is 0 Å². The molecule has 0 radical (unpaired) electrons. The van der Waals surface area contributed by atoms with Crippen LogP contribution in [0.3, 0.4) is 0 Å². The van der Waals surface area contributed by atoms with Gasteiger partial charge in [0.1, 0.15) is 11.4 Å². The Hall–Kier alpha value is -2.43. The van der Waals surface area contributed by atoms with Crippen molar-refractivity contribution in [2.45, 2.75) is 84.3 Å². The standard InChI is InChI=1S/C26H34N2O3/c1-17-27-22-16-20(25(30)31-26(2,3)4)13-14-21(22)24(29)28(17)23(19-11-8-12-19)15-18-9-6-5-7-10-18/h5-7,9-10,19-20,23H,8,11-16H2,1-4H3. The topological polar surface area (TPSA) is 61.2 Å². The van der Waals surface area contributed by atoms with Crippen LogP contribution in [0, 0.1) is 18.8 Å². The summed E-state index contributed by atoms with van der Waals surface area (Å²) in [5.74, 6) is 0.884. The van der Waals surface area contributed by atoms with E-state index in [0.29, 0.717) is 25.2 Å². The Morgan fingerprint density at radius 1 is 1.19 bits per heavy atom. The number of hydrogen-bond acceptors (Lipinski definition) is 4. The van der Waals surface area contributed by atoms with Gasteiger partial charge in [-0.3, -0.25) is 14.2 Å². The van der Waals surface area contributed by atoms with Gasteiger partial charge in [-0.15, -0.1) is 0 Å². The largest absolute Gasteiger partial charge is 0.460 e. The fourth-order valence-electron chi connectivity index (χ4n) is 4.93. The van der Waals surface area contributed by atoms with Gasteiger partial charge in [-0.1, -0.05) is 36.8 Å². The van der Waals surface area contributed by atoms with E-state index in [4.69, 9.17) is 9.72 Å². The Morgan fingerprint density at radius 3 is 2.52 bits per heavy atom. The number of benzene rings is 1. The van der Waals surface area contributed by atoms with Crippen LogP contribution in [-0.2, 0) is 28.8 Å². The lowest BCUT2D eigenvalue weighted by Gasteiger charge is -2.36. The van der Waals surface area contributed by atoms with Gasteiger partial charge in [-0.2, -0.15) is 0 Å². The lowest BCUT2D eigenvalue weighted by molar-refractivity contribution is -0.160. The van der Waals surface area contributed by atoms with Crippen molar-refractivity contribution in [1.82, 2.24) is 9.55 Å². The van der Waals surface area contributed by atoms with Crippen LogP contribution in [0.15, 0.2) is 35.1 Å². The first-order valence-electron chi connectivity index (χ1n) is 11.6. The molecule has 1 saturated carbocycles.